The van der Waals surface area contributed by atoms with Crippen LogP contribution in [0.2, 0.25) is 0 Å². The van der Waals surface area contributed by atoms with Gasteiger partial charge in [0.25, 0.3) is 5.56 Å². The average Bonchev–Trinajstić information content (AvgIpc) is 2.28. The van der Waals surface area contributed by atoms with E-state index < -0.39 is 30.1 Å². The molecule has 0 atom stereocenters. The number of rotatable bonds is 5. The molecule has 8 heteroatoms. The standard InChI is InChI=1S/C10H12F4N2O2/c1-2-4-15-5-3-7(17)16(9(15)18)6-10(13,14)8(11)12/h3,5,8H,2,4,6H2,1H3. The summed E-state index contributed by atoms with van der Waals surface area (Å²) < 4.78 is 50.9. The van der Waals surface area contributed by atoms with Crippen LogP contribution in [0.3, 0.4) is 0 Å². The van der Waals surface area contributed by atoms with Crippen molar-refractivity contribution in [2.75, 3.05) is 0 Å². The molecule has 0 aliphatic rings. The molecule has 0 aliphatic heterocycles. The van der Waals surface area contributed by atoms with Crippen molar-refractivity contribution in [1.29, 1.82) is 0 Å². The molecular weight excluding hydrogens is 256 g/mol. The summed E-state index contributed by atoms with van der Waals surface area (Å²) in [7, 11) is 0. The first-order valence-electron chi connectivity index (χ1n) is 5.26. The molecular formula is C10H12F4N2O2. The first-order chi connectivity index (χ1) is 8.29. The van der Waals surface area contributed by atoms with Crippen molar-refractivity contribution >= 4 is 0 Å². The van der Waals surface area contributed by atoms with E-state index >= 15 is 0 Å². The second-order valence-corrected chi connectivity index (χ2v) is 3.78. The first-order valence-corrected chi connectivity index (χ1v) is 5.26. The minimum atomic E-state index is -4.41. The molecule has 0 radical (unpaired) electrons. The van der Waals surface area contributed by atoms with Gasteiger partial charge in [0, 0.05) is 18.8 Å². The van der Waals surface area contributed by atoms with Crippen molar-refractivity contribution in [3.05, 3.63) is 33.1 Å². The Hall–Kier alpha value is -1.60. The predicted octanol–water partition coefficient (Wildman–Crippen LogP) is 1.32. The third kappa shape index (κ3) is 2.99. The Morgan fingerprint density at radius 3 is 2.44 bits per heavy atom. The van der Waals surface area contributed by atoms with Gasteiger partial charge in [-0.1, -0.05) is 6.92 Å². The maximum Gasteiger partial charge on any atom is 0.331 e. The normalized spacial score (nSPS) is 12.1. The van der Waals surface area contributed by atoms with Gasteiger partial charge >= 0.3 is 18.0 Å². The minimum absolute atomic E-state index is 0.127. The number of nitrogens with zero attached hydrogens (tertiary/aromatic N) is 2. The fraction of sp³-hybridized carbons (Fsp3) is 0.600. The number of halogens is 4. The van der Waals surface area contributed by atoms with Gasteiger partial charge in [-0.15, -0.1) is 0 Å². The molecule has 0 unspecified atom stereocenters. The fourth-order valence-electron chi connectivity index (χ4n) is 1.39. The maximum atomic E-state index is 12.9. The van der Waals surface area contributed by atoms with E-state index in [9.17, 15) is 27.2 Å². The zero-order valence-corrected chi connectivity index (χ0v) is 9.58. The van der Waals surface area contributed by atoms with Crippen molar-refractivity contribution in [2.24, 2.45) is 0 Å². The van der Waals surface area contributed by atoms with E-state index in [4.69, 9.17) is 0 Å². The second kappa shape index (κ2) is 5.36. The van der Waals surface area contributed by atoms with Crippen LogP contribution < -0.4 is 11.2 Å². The molecule has 1 rings (SSSR count). The molecule has 1 aromatic rings. The first kappa shape index (κ1) is 14.5. The zero-order chi connectivity index (χ0) is 13.9. The van der Waals surface area contributed by atoms with Crippen molar-refractivity contribution < 1.29 is 17.6 Å². The zero-order valence-electron chi connectivity index (χ0n) is 9.58. The lowest BCUT2D eigenvalue weighted by Gasteiger charge is -2.16. The van der Waals surface area contributed by atoms with Crippen LogP contribution in [-0.2, 0) is 13.1 Å². The van der Waals surface area contributed by atoms with E-state index in [0.717, 1.165) is 16.8 Å². The van der Waals surface area contributed by atoms with Gasteiger partial charge in [0.2, 0.25) is 0 Å². The summed E-state index contributed by atoms with van der Waals surface area (Å²) in [4.78, 5) is 22.9. The van der Waals surface area contributed by atoms with Crippen LogP contribution in [0.4, 0.5) is 17.6 Å². The third-order valence-electron chi connectivity index (χ3n) is 2.29. The Kier molecular flexibility index (Phi) is 4.31. The monoisotopic (exact) mass is 268 g/mol. The summed E-state index contributed by atoms with van der Waals surface area (Å²) in [6, 6.07) is 0.901. The van der Waals surface area contributed by atoms with Gasteiger partial charge < -0.3 is 4.57 Å². The molecule has 1 heterocycles. The van der Waals surface area contributed by atoms with Crippen LogP contribution in [0.1, 0.15) is 13.3 Å². The number of aromatic nitrogens is 2. The van der Waals surface area contributed by atoms with Gasteiger partial charge in [0.05, 0.1) is 0 Å². The fourth-order valence-corrected chi connectivity index (χ4v) is 1.39. The molecule has 18 heavy (non-hydrogen) atoms. The molecule has 1 aromatic heterocycles. The van der Waals surface area contributed by atoms with Gasteiger partial charge in [-0.3, -0.25) is 9.36 Å². The van der Waals surface area contributed by atoms with Gasteiger partial charge in [-0.05, 0) is 6.42 Å². The number of hydrogen-bond acceptors (Lipinski definition) is 2. The summed E-state index contributed by atoms with van der Waals surface area (Å²) >= 11 is 0. The Labute approximate surface area is 99.5 Å². The van der Waals surface area contributed by atoms with Crippen LogP contribution in [0.15, 0.2) is 21.9 Å². The molecule has 0 fully saturated rings. The van der Waals surface area contributed by atoms with E-state index in [1.807, 2.05) is 0 Å². The highest BCUT2D eigenvalue weighted by Crippen LogP contribution is 2.23. The van der Waals surface area contributed by atoms with Crippen LogP contribution in [0.5, 0.6) is 0 Å². The molecule has 0 spiro atoms. The van der Waals surface area contributed by atoms with E-state index in [2.05, 4.69) is 0 Å². The van der Waals surface area contributed by atoms with Gasteiger partial charge in [0.15, 0.2) is 0 Å². The molecule has 4 nitrogen and oxygen atoms in total. The number of aryl methyl sites for hydroxylation is 1. The van der Waals surface area contributed by atoms with E-state index in [1.165, 1.54) is 0 Å². The molecule has 0 aliphatic carbocycles. The highest BCUT2D eigenvalue weighted by Gasteiger charge is 2.41. The Bertz CT molecular complexity index is 521. The quantitative estimate of drug-likeness (QED) is 0.756. The van der Waals surface area contributed by atoms with Gasteiger partial charge in [-0.25, -0.2) is 13.6 Å². The molecule has 0 bridgehead atoms. The van der Waals surface area contributed by atoms with Crippen molar-refractivity contribution in [3.63, 3.8) is 0 Å². The molecule has 102 valence electrons. The highest BCUT2D eigenvalue weighted by molar-refractivity contribution is 4.88. The van der Waals surface area contributed by atoms with Crippen molar-refractivity contribution in [2.45, 2.75) is 38.8 Å². The molecule has 0 saturated carbocycles. The van der Waals surface area contributed by atoms with Crippen molar-refractivity contribution in [1.82, 2.24) is 9.13 Å². The molecule has 0 aromatic carbocycles. The van der Waals surface area contributed by atoms with Crippen molar-refractivity contribution in [3.8, 4) is 0 Å². The average molecular weight is 268 g/mol. The smallest absolute Gasteiger partial charge is 0.300 e. The Morgan fingerprint density at radius 2 is 1.94 bits per heavy atom. The topological polar surface area (TPSA) is 44.0 Å². The summed E-state index contributed by atoms with van der Waals surface area (Å²) in [5, 5.41) is 0. The lowest BCUT2D eigenvalue weighted by atomic mass is 10.3. The largest absolute Gasteiger partial charge is 0.331 e. The van der Waals surface area contributed by atoms with Gasteiger partial charge in [0.1, 0.15) is 6.54 Å². The molecule has 0 saturated heterocycles. The van der Waals surface area contributed by atoms with Crippen LogP contribution >= 0.6 is 0 Å². The Balaban J connectivity index is 3.21. The molecule has 0 N–H and O–H groups in total. The third-order valence-corrected chi connectivity index (χ3v) is 2.29. The van der Waals surface area contributed by atoms with E-state index in [0.29, 0.717) is 6.42 Å². The summed E-state index contributed by atoms with van der Waals surface area (Å²) in [6.45, 7) is 0.349. The van der Waals surface area contributed by atoms with E-state index in [-0.39, 0.29) is 11.1 Å². The maximum absolute atomic E-state index is 12.9. The van der Waals surface area contributed by atoms with Gasteiger partial charge in [-0.2, -0.15) is 8.78 Å². The minimum Gasteiger partial charge on any atom is -0.300 e. The summed E-state index contributed by atoms with van der Waals surface area (Å²) in [5.74, 6) is -4.41. The SMILES string of the molecule is CCCn1ccc(=O)n(CC(F)(F)C(F)F)c1=O. The summed E-state index contributed by atoms with van der Waals surface area (Å²) in [6.07, 6.45) is -2.22. The lowest BCUT2D eigenvalue weighted by molar-refractivity contribution is -0.138. The van der Waals surface area contributed by atoms with E-state index in [1.54, 1.807) is 6.92 Å². The summed E-state index contributed by atoms with van der Waals surface area (Å²) in [5.41, 5.74) is -2.03. The number of hydrogen-bond donors (Lipinski definition) is 0. The van der Waals surface area contributed by atoms with Crippen LogP contribution in [0.25, 0.3) is 0 Å². The Morgan fingerprint density at radius 1 is 1.33 bits per heavy atom. The highest BCUT2D eigenvalue weighted by atomic mass is 19.3. The predicted molar refractivity (Wildman–Crippen MR) is 56.2 cm³/mol. The van der Waals surface area contributed by atoms with Crippen LogP contribution in [0, 0.1) is 0 Å². The lowest BCUT2D eigenvalue weighted by Crippen LogP contribution is -2.45. The second-order valence-electron chi connectivity index (χ2n) is 3.78. The number of alkyl halides is 4. The van der Waals surface area contributed by atoms with Crippen LogP contribution in [-0.4, -0.2) is 21.5 Å². The molecule has 0 amide bonds.